The van der Waals surface area contributed by atoms with Crippen molar-refractivity contribution in [3.8, 4) is 0 Å². The maximum Gasteiger partial charge on any atom is 0.410 e. The molecule has 8 aromatic carbocycles. The van der Waals surface area contributed by atoms with Crippen LogP contribution < -0.4 is 20.4 Å². The Labute approximate surface area is 712 Å². The molecular weight excluding hydrogens is 1550 g/mol. The van der Waals surface area contributed by atoms with E-state index < -0.39 is 12.2 Å². The summed E-state index contributed by atoms with van der Waals surface area (Å²) >= 11 is 0. The lowest BCUT2D eigenvalue weighted by Crippen LogP contribution is -2.38. The van der Waals surface area contributed by atoms with E-state index in [9.17, 15) is 47.9 Å². The minimum atomic E-state index is -0.414. The second-order valence-corrected chi connectivity index (χ2v) is 32.3. The van der Waals surface area contributed by atoms with Crippen molar-refractivity contribution in [1.82, 2.24) is 19.6 Å². The van der Waals surface area contributed by atoms with E-state index in [1.165, 1.54) is 38.8 Å². The van der Waals surface area contributed by atoms with E-state index in [4.69, 9.17) is 37.9 Å². The summed E-state index contributed by atoms with van der Waals surface area (Å²) in [6, 6.07) is 70.3. The number of rotatable bonds is 20. The Balaban J connectivity index is 0.000000140. The van der Waals surface area contributed by atoms with Gasteiger partial charge in [0.15, 0.2) is 0 Å². The Morgan fingerprint density at radius 3 is 0.787 bits per heavy atom. The number of nitrogens with zero attached hydrogens (tertiary/aromatic N) is 6. The first kappa shape index (κ1) is 87.1. The first-order valence-electron chi connectivity index (χ1n) is 42.0. The molecule has 6 amide bonds. The van der Waals surface area contributed by atoms with Crippen LogP contribution in [-0.2, 0) is 93.1 Å². The Morgan fingerprint density at radius 2 is 0.525 bits per heavy atom. The molecule has 0 unspecified atom stereocenters. The van der Waals surface area contributed by atoms with E-state index >= 15 is 0 Å². The molecule has 8 aliphatic rings. The van der Waals surface area contributed by atoms with E-state index in [1.807, 2.05) is 194 Å². The number of anilines is 4. The maximum absolute atomic E-state index is 13.0. The van der Waals surface area contributed by atoms with Crippen LogP contribution in [0.2, 0.25) is 0 Å². The Hall–Kier alpha value is -12.7. The summed E-state index contributed by atoms with van der Waals surface area (Å²) in [4.78, 5) is 132. The fourth-order valence-corrected chi connectivity index (χ4v) is 18.2. The van der Waals surface area contributed by atoms with E-state index in [2.05, 4.69) is 34.9 Å². The minimum absolute atomic E-state index is 0.00304. The lowest BCUT2D eigenvalue weighted by Gasteiger charge is -2.26. The number of likely N-dealkylation sites (tertiary alicyclic amines) is 4. The lowest BCUT2D eigenvalue weighted by molar-refractivity contribution is -0.146. The summed E-state index contributed by atoms with van der Waals surface area (Å²) in [5.41, 5.74) is 12.7. The van der Waals surface area contributed by atoms with Crippen molar-refractivity contribution < 1.29 is 85.8 Å². The van der Waals surface area contributed by atoms with Gasteiger partial charge in [0.2, 0.25) is 11.8 Å². The SMILES string of the molecule is CC(=O)O[C@H]1C[C@@H](C[C@@H]2CN(C(C)=O)c3ccccc32)N(C(=O)OCc2ccccc2)C1.CC(=O)O[C@H]1C[C@@H](C[C@@H]2CNc3ccccc32)N(C(=O)OCc2ccccc2)C1.CC(=O)O[C@H]1C[C@@H](C[C@H]2CN(C(C)=O)c3ccccc32)N(C(=O)OCc2ccccc2)C1.CC(=O)O[C@H]1C[C@@H](C[C@H]2CNc3ccccc32)N(C(=O)OCc2ccccc2)C1. The van der Waals surface area contributed by atoms with E-state index in [0.717, 1.165) is 82.1 Å². The molecule has 26 heteroatoms. The van der Waals surface area contributed by atoms with Gasteiger partial charge >= 0.3 is 48.3 Å². The molecule has 16 rings (SSSR count). The van der Waals surface area contributed by atoms with Crippen molar-refractivity contribution in [2.75, 3.05) is 72.8 Å². The van der Waals surface area contributed by atoms with Gasteiger partial charge in [0, 0.05) is 164 Å². The third kappa shape index (κ3) is 23.0. The molecule has 8 aliphatic heterocycles. The van der Waals surface area contributed by atoms with Gasteiger partial charge in [-0.2, -0.15) is 0 Å². The molecule has 0 saturated carbocycles. The van der Waals surface area contributed by atoms with E-state index in [-0.39, 0.29) is 135 Å². The summed E-state index contributed by atoms with van der Waals surface area (Å²) in [5, 5.41) is 6.88. The van der Waals surface area contributed by atoms with Crippen LogP contribution in [0.5, 0.6) is 0 Å². The van der Waals surface area contributed by atoms with Gasteiger partial charge in [0.25, 0.3) is 0 Å². The zero-order valence-corrected chi connectivity index (χ0v) is 69.9. The molecule has 4 saturated heterocycles. The highest BCUT2D eigenvalue weighted by atomic mass is 16.6. The number of hydrogen-bond donors (Lipinski definition) is 2. The number of hydrogen-bond acceptors (Lipinski definition) is 20. The Morgan fingerprint density at radius 1 is 0.287 bits per heavy atom. The van der Waals surface area contributed by atoms with Crippen molar-refractivity contribution in [3.05, 3.63) is 263 Å². The van der Waals surface area contributed by atoms with Crippen LogP contribution in [0.15, 0.2) is 218 Å². The summed E-state index contributed by atoms with van der Waals surface area (Å²) in [5.74, 6) is -0.520. The van der Waals surface area contributed by atoms with Gasteiger partial charge < -0.3 is 77.9 Å². The first-order chi connectivity index (χ1) is 59.0. The summed E-state index contributed by atoms with van der Waals surface area (Å²) in [7, 11) is 0. The maximum atomic E-state index is 13.0. The van der Waals surface area contributed by atoms with E-state index in [0.29, 0.717) is 89.6 Å². The predicted octanol–water partition coefficient (Wildman–Crippen LogP) is 15.6. The fourth-order valence-electron chi connectivity index (χ4n) is 18.2. The lowest BCUT2D eigenvalue weighted by atomic mass is 9.93. The van der Waals surface area contributed by atoms with Crippen molar-refractivity contribution in [3.63, 3.8) is 0 Å². The second kappa shape index (κ2) is 41.5. The molecule has 8 aromatic rings. The highest BCUT2D eigenvalue weighted by molar-refractivity contribution is 5.95. The minimum Gasteiger partial charge on any atom is -0.461 e. The molecule has 26 nitrogen and oxygen atoms in total. The van der Waals surface area contributed by atoms with Crippen molar-refractivity contribution >= 4 is 82.8 Å². The Bertz CT molecular complexity index is 4640. The van der Waals surface area contributed by atoms with Gasteiger partial charge in [-0.25, -0.2) is 19.2 Å². The molecular formula is C96H108N8O18. The van der Waals surface area contributed by atoms with Crippen LogP contribution in [0.3, 0.4) is 0 Å². The van der Waals surface area contributed by atoms with Gasteiger partial charge in [-0.1, -0.05) is 194 Å². The summed E-state index contributed by atoms with van der Waals surface area (Å²) in [6.45, 7) is 13.8. The van der Waals surface area contributed by atoms with Crippen molar-refractivity contribution in [2.24, 2.45) is 0 Å². The third-order valence-corrected chi connectivity index (χ3v) is 23.6. The number of nitrogens with one attached hydrogen (secondary N) is 2. The number of fused-ring (bicyclic) bond motifs is 4. The van der Waals surface area contributed by atoms with Crippen LogP contribution in [0.1, 0.15) is 161 Å². The zero-order chi connectivity index (χ0) is 85.8. The number of ether oxygens (including phenoxy) is 8. The van der Waals surface area contributed by atoms with Crippen LogP contribution in [0.25, 0.3) is 0 Å². The highest BCUT2D eigenvalue weighted by Crippen LogP contribution is 2.45. The topological polar surface area (TPSA) is 288 Å². The van der Waals surface area contributed by atoms with Crippen LogP contribution in [-0.4, -0.2) is 181 Å². The van der Waals surface area contributed by atoms with Gasteiger partial charge in [-0.15, -0.1) is 0 Å². The predicted molar refractivity (Wildman–Crippen MR) is 457 cm³/mol. The zero-order valence-electron chi connectivity index (χ0n) is 69.9. The van der Waals surface area contributed by atoms with Gasteiger partial charge in [-0.3, -0.25) is 28.8 Å². The molecule has 4 fully saturated rings. The third-order valence-electron chi connectivity index (χ3n) is 23.6. The number of esters is 4. The fraction of sp³-hybridized carbons (Fsp3) is 0.396. The Kier molecular flexibility index (Phi) is 29.6. The largest absolute Gasteiger partial charge is 0.461 e. The summed E-state index contributed by atoms with van der Waals surface area (Å²) in [6.07, 6.45) is 2.51. The molecule has 0 spiro atoms. The standard InChI is InChI=1S/2C25H28N2O5.2C23H26N2O4/c2*1-17(28)26-14-20(23-10-6-7-11-24(23)26)12-21-13-22(32-18(2)29)15-27(21)25(30)31-16-19-8-4-3-5-9-19;2*1-16(26)29-20-12-19(11-18-13-24-22-10-6-5-9-21(18)22)25(14-20)23(27)28-15-17-7-3-2-4-8-17/h2*3-11,20-22H,12-16H2,1-2H3;2*2-10,18-20,24H,11-15H2,1H3/t20-,21+,22-;20-,21-,22+;18-,19+,20-;18-,19-,20+/m0101/s1. The molecule has 0 aromatic heterocycles. The van der Waals surface area contributed by atoms with Crippen LogP contribution in [0.4, 0.5) is 41.9 Å². The smallest absolute Gasteiger partial charge is 0.410 e. The molecule has 0 bridgehead atoms. The average Bonchev–Trinajstić information content (AvgIpc) is 1.63. The van der Waals surface area contributed by atoms with Gasteiger partial charge in [0.1, 0.15) is 50.8 Å². The molecule has 0 aliphatic carbocycles. The van der Waals surface area contributed by atoms with Crippen LogP contribution >= 0.6 is 0 Å². The van der Waals surface area contributed by atoms with Gasteiger partial charge in [-0.05, 0) is 94.5 Å². The summed E-state index contributed by atoms with van der Waals surface area (Å²) < 4.78 is 43.9. The number of carbonyl (C=O) groups excluding carboxylic acids is 10. The number of benzene rings is 8. The molecule has 12 atom stereocenters. The molecule has 8 heterocycles. The van der Waals surface area contributed by atoms with Crippen molar-refractivity contribution in [2.45, 2.75) is 192 Å². The average molecular weight is 1660 g/mol. The quantitative estimate of drug-likeness (QED) is 0.0529. The number of amides is 6. The number of carbonyl (C=O) groups is 10. The molecule has 2 N–H and O–H groups in total. The normalized spacial score (nSPS) is 22.2. The molecule has 0 radical (unpaired) electrons. The molecule has 122 heavy (non-hydrogen) atoms. The van der Waals surface area contributed by atoms with Gasteiger partial charge in [0.05, 0.1) is 26.2 Å². The molecule has 640 valence electrons. The van der Waals surface area contributed by atoms with E-state index in [1.54, 1.807) is 43.2 Å². The monoisotopic (exact) mass is 1660 g/mol. The second-order valence-electron chi connectivity index (χ2n) is 32.3. The van der Waals surface area contributed by atoms with Crippen molar-refractivity contribution in [1.29, 1.82) is 0 Å². The highest BCUT2D eigenvalue weighted by Gasteiger charge is 2.46. The number of para-hydroxylation sites is 4. The first-order valence-corrected chi connectivity index (χ1v) is 42.0. The van der Waals surface area contributed by atoms with Crippen LogP contribution in [0, 0.1) is 0 Å².